The smallest absolute Gasteiger partial charge is 0.356 e. The van der Waals surface area contributed by atoms with E-state index in [1.54, 1.807) is 30.3 Å². The van der Waals surface area contributed by atoms with Crippen LogP contribution in [0, 0.1) is 0 Å². The number of benzene rings is 2. The van der Waals surface area contributed by atoms with E-state index in [9.17, 15) is 9.59 Å². The molecule has 0 fully saturated rings. The van der Waals surface area contributed by atoms with Crippen LogP contribution in [-0.2, 0) is 9.53 Å². The maximum absolute atomic E-state index is 12.1. The van der Waals surface area contributed by atoms with Crippen molar-refractivity contribution in [2.75, 3.05) is 19.0 Å². The molecular weight excluding hydrogens is 356 g/mol. The lowest BCUT2D eigenvalue weighted by atomic mass is 10.2. The molecule has 3 aromatic rings. The zero-order chi connectivity index (χ0) is 18.5. The van der Waals surface area contributed by atoms with Crippen LogP contribution >= 0.6 is 11.6 Å². The number of rotatable bonds is 5. The summed E-state index contributed by atoms with van der Waals surface area (Å²) in [6.45, 7) is -0.235. The van der Waals surface area contributed by atoms with Gasteiger partial charge < -0.3 is 14.8 Å². The lowest BCUT2D eigenvalue weighted by Crippen LogP contribution is -2.20. The highest BCUT2D eigenvalue weighted by molar-refractivity contribution is 6.31. The van der Waals surface area contributed by atoms with Gasteiger partial charge in [0.15, 0.2) is 12.3 Å². The van der Waals surface area contributed by atoms with E-state index >= 15 is 0 Å². The van der Waals surface area contributed by atoms with Crippen LogP contribution < -0.4 is 10.1 Å². The number of esters is 1. The molecule has 0 aliphatic carbocycles. The van der Waals surface area contributed by atoms with Crippen molar-refractivity contribution in [2.24, 2.45) is 0 Å². The van der Waals surface area contributed by atoms with Crippen molar-refractivity contribution >= 4 is 40.1 Å². The van der Waals surface area contributed by atoms with Gasteiger partial charge in [0.05, 0.1) is 12.6 Å². The Morgan fingerprint density at radius 2 is 1.88 bits per heavy atom. The first kappa shape index (κ1) is 17.7. The summed E-state index contributed by atoms with van der Waals surface area (Å²) in [5, 5.41) is 3.81. The zero-order valence-corrected chi connectivity index (χ0v) is 14.6. The third kappa shape index (κ3) is 4.10. The first-order valence-electron chi connectivity index (χ1n) is 7.73. The number of methoxy groups -OCH3 is 1. The second-order valence-corrected chi connectivity index (χ2v) is 5.80. The van der Waals surface area contributed by atoms with E-state index in [-0.39, 0.29) is 18.2 Å². The van der Waals surface area contributed by atoms with E-state index in [1.165, 1.54) is 13.2 Å². The van der Waals surface area contributed by atoms with Gasteiger partial charge in [-0.3, -0.25) is 4.79 Å². The van der Waals surface area contributed by atoms with Gasteiger partial charge in [-0.1, -0.05) is 29.8 Å². The SMILES string of the molecule is COC(=O)c1cc(OCC(=O)Nc2ccccc2)c2cc(Cl)ccc2n1. The van der Waals surface area contributed by atoms with Crippen LogP contribution in [0.1, 0.15) is 10.5 Å². The molecule has 1 N–H and O–H groups in total. The summed E-state index contributed by atoms with van der Waals surface area (Å²) in [6.07, 6.45) is 0. The topological polar surface area (TPSA) is 77.5 Å². The van der Waals surface area contributed by atoms with Crippen LogP contribution in [0.5, 0.6) is 5.75 Å². The number of fused-ring (bicyclic) bond motifs is 1. The molecule has 26 heavy (non-hydrogen) atoms. The molecule has 0 saturated carbocycles. The first-order valence-corrected chi connectivity index (χ1v) is 8.11. The van der Waals surface area contributed by atoms with Gasteiger partial charge in [0.25, 0.3) is 5.91 Å². The van der Waals surface area contributed by atoms with Gasteiger partial charge in [0.2, 0.25) is 0 Å². The number of carbonyl (C=O) groups excluding carboxylic acids is 2. The number of halogens is 1. The molecule has 3 rings (SSSR count). The van der Waals surface area contributed by atoms with E-state index in [0.717, 1.165) is 0 Å². The normalized spacial score (nSPS) is 10.4. The van der Waals surface area contributed by atoms with Crippen LogP contribution in [0.3, 0.4) is 0 Å². The van der Waals surface area contributed by atoms with Crippen LogP contribution in [0.15, 0.2) is 54.6 Å². The second-order valence-electron chi connectivity index (χ2n) is 5.36. The molecule has 0 saturated heterocycles. The molecule has 1 heterocycles. The maximum atomic E-state index is 12.1. The highest BCUT2D eigenvalue weighted by Crippen LogP contribution is 2.28. The van der Waals surface area contributed by atoms with Crippen molar-refractivity contribution in [1.82, 2.24) is 4.98 Å². The highest BCUT2D eigenvalue weighted by atomic mass is 35.5. The Morgan fingerprint density at radius 1 is 1.12 bits per heavy atom. The molecule has 2 aromatic carbocycles. The molecule has 1 aromatic heterocycles. The van der Waals surface area contributed by atoms with Crippen molar-refractivity contribution in [3.05, 3.63) is 65.3 Å². The number of nitrogens with zero attached hydrogens (tertiary/aromatic N) is 1. The Bertz CT molecular complexity index is 960. The van der Waals surface area contributed by atoms with Gasteiger partial charge in [-0.2, -0.15) is 0 Å². The third-order valence-electron chi connectivity index (χ3n) is 3.54. The molecule has 0 aliphatic heterocycles. The number of amides is 1. The average molecular weight is 371 g/mol. The summed E-state index contributed by atoms with van der Waals surface area (Å²) in [5.74, 6) is -0.607. The standard InChI is InChI=1S/C19H15ClN2O4/c1-25-19(24)16-10-17(14-9-12(20)7-8-15(14)22-16)26-11-18(23)21-13-5-3-2-4-6-13/h2-10H,11H2,1H3,(H,21,23). The van der Waals surface area contributed by atoms with E-state index < -0.39 is 5.97 Å². The quantitative estimate of drug-likeness (QED) is 0.693. The molecule has 7 heteroatoms. The molecule has 1 amide bonds. The fourth-order valence-electron chi connectivity index (χ4n) is 2.36. The number of aromatic nitrogens is 1. The van der Waals surface area contributed by atoms with E-state index in [1.807, 2.05) is 18.2 Å². The number of anilines is 1. The minimum absolute atomic E-state index is 0.0841. The molecule has 0 spiro atoms. The summed E-state index contributed by atoms with van der Waals surface area (Å²) in [7, 11) is 1.27. The van der Waals surface area contributed by atoms with Crippen molar-refractivity contribution in [1.29, 1.82) is 0 Å². The summed E-state index contributed by atoms with van der Waals surface area (Å²) >= 11 is 6.04. The van der Waals surface area contributed by atoms with Crippen LogP contribution in [0.25, 0.3) is 10.9 Å². The first-order chi connectivity index (χ1) is 12.6. The number of hydrogen-bond donors (Lipinski definition) is 1. The van der Waals surface area contributed by atoms with E-state index in [2.05, 4.69) is 10.3 Å². The molecular formula is C19H15ClN2O4. The summed E-state index contributed by atoms with van der Waals surface area (Å²) in [4.78, 5) is 28.1. The van der Waals surface area contributed by atoms with Crippen LogP contribution in [0.4, 0.5) is 5.69 Å². The van der Waals surface area contributed by atoms with Crippen LogP contribution in [-0.4, -0.2) is 30.6 Å². The number of hydrogen-bond acceptors (Lipinski definition) is 5. The number of carbonyl (C=O) groups is 2. The molecule has 0 atom stereocenters. The molecule has 6 nitrogen and oxygen atoms in total. The van der Waals surface area contributed by atoms with Gasteiger partial charge in [0, 0.05) is 22.2 Å². The minimum Gasteiger partial charge on any atom is -0.483 e. The molecule has 0 unspecified atom stereocenters. The van der Waals surface area contributed by atoms with Crippen LogP contribution in [0.2, 0.25) is 5.02 Å². The average Bonchev–Trinajstić information content (AvgIpc) is 2.66. The summed E-state index contributed by atoms with van der Waals surface area (Å²) in [6, 6.07) is 15.5. The largest absolute Gasteiger partial charge is 0.483 e. The second kappa shape index (κ2) is 7.84. The van der Waals surface area contributed by atoms with Crippen molar-refractivity contribution in [3.8, 4) is 5.75 Å². The van der Waals surface area contributed by atoms with E-state index in [4.69, 9.17) is 21.1 Å². The lowest BCUT2D eigenvalue weighted by molar-refractivity contribution is -0.118. The van der Waals surface area contributed by atoms with Gasteiger partial charge in [-0.25, -0.2) is 9.78 Å². The predicted octanol–water partition coefficient (Wildman–Crippen LogP) is 3.69. The number of para-hydroxylation sites is 1. The Kier molecular flexibility index (Phi) is 5.34. The number of ether oxygens (including phenoxy) is 2. The van der Waals surface area contributed by atoms with Gasteiger partial charge >= 0.3 is 5.97 Å². The Balaban J connectivity index is 1.84. The van der Waals surface area contributed by atoms with Gasteiger partial charge in [-0.15, -0.1) is 0 Å². The van der Waals surface area contributed by atoms with Gasteiger partial charge in [-0.05, 0) is 30.3 Å². The summed E-state index contributed by atoms with van der Waals surface area (Å²) in [5.41, 5.74) is 1.26. The predicted molar refractivity (Wildman–Crippen MR) is 98.7 cm³/mol. The maximum Gasteiger partial charge on any atom is 0.356 e. The highest BCUT2D eigenvalue weighted by Gasteiger charge is 2.15. The third-order valence-corrected chi connectivity index (χ3v) is 3.78. The molecule has 132 valence electrons. The lowest BCUT2D eigenvalue weighted by Gasteiger charge is -2.11. The monoisotopic (exact) mass is 370 g/mol. The number of pyridine rings is 1. The fourth-order valence-corrected chi connectivity index (χ4v) is 2.53. The van der Waals surface area contributed by atoms with Gasteiger partial charge in [0.1, 0.15) is 5.75 Å². The Morgan fingerprint density at radius 3 is 2.62 bits per heavy atom. The molecule has 0 radical (unpaired) electrons. The van der Waals surface area contributed by atoms with Crippen molar-refractivity contribution in [3.63, 3.8) is 0 Å². The Labute approximate surface area is 154 Å². The fraction of sp³-hybridized carbons (Fsp3) is 0.105. The van der Waals surface area contributed by atoms with E-state index in [0.29, 0.717) is 27.4 Å². The number of nitrogens with one attached hydrogen (secondary N) is 1. The summed E-state index contributed by atoms with van der Waals surface area (Å²) < 4.78 is 10.3. The molecule has 0 aliphatic rings. The van der Waals surface area contributed by atoms with Crippen molar-refractivity contribution in [2.45, 2.75) is 0 Å². The molecule has 0 bridgehead atoms. The zero-order valence-electron chi connectivity index (χ0n) is 13.9. The Hall–Kier alpha value is -3.12. The minimum atomic E-state index is -0.597. The van der Waals surface area contributed by atoms with Crippen molar-refractivity contribution < 1.29 is 19.1 Å².